The standard InChI is InChI=1S/C24H28N6O3/c1-17-27-28-24(33-17)19-8-10-20(11-9-19)26-23(32)22(31)25-16-21(18-6-4-3-5-7-18)30-14-12-29(2)13-15-30/h3-11,21H,12-16H2,1-2H3,(H,25,31)(H,26,32)/t21-/m0/s1. The molecule has 2 amide bonds. The molecule has 4 rings (SSSR count). The lowest BCUT2D eigenvalue weighted by Gasteiger charge is -2.38. The molecule has 9 heteroatoms. The minimum Gasteiger partial charge on any atom is -0.421 e. The molecule has 0 saturated carbocycles. The summed E-state index contributed by atoms with van der Waals surface area (Å²) in [4.78, 5) is 29.6. The van der Waals surface area contributed by atoms with Crippen molar-refractivity contribution in [3.8, 4) is 11.5 Å². The molecule has 0 unspecified atom stereocenters. The van der Waals surface area contributed by atoms with E-state index in [0.29, 0.717) is 24.0 Å². The number of piperazine rings is 1. The van der Waals surface area contributed by atoms with Crippen LogP contribution in [0, 0.1) is 6.92 Å². The Kier molecular flexibility index (Phi) is 7.11. The highest BCUT2D eigenvalue weighted by Gasteiger charge is 2.25. The molecule has 2 N–H and O–H groups in total. The highest BCUT2D eigenvalue weighted by atomic mass is 16.4. The summed E-state index contributed by atoms with van der Waals surface area (Å²) < 4.78 is 5.40. The monoisotopic (exact) mass is 448 g/mol. The van der Waals surface area contributed by atoms with E-state index in [2.05, 4.69) is 49.8 Å². The van der Waals surface area contributed by atoms with E-state index >= 15 is 0 Å². The van der Waals surface area contributed by atoms with E-state index in [4.69, 9.17) is 4.42 Å². The highest BCUT2D eigenvalue weighted by Crippen LogP contribution is 2.22. The van der Waals surface area contributed by atoms with Crippen LogP contribution in [0.2, 0.25) is 0 Å². The summed E-state index contributed by atoms with van der Waals surface area (Å²) in [6, 6.07) is 17.0. The molecule has 33 heavy (non-hydrogen) atoms. The first-order valence-electron chi connectivity index (χ1n) is 11.0. The number of nitrogens with one attached hydrogen (secondary N) is 2. The van der Waals surface area contributed by atoms with Gasteiger partial charge in [0.2, 0.25) is 11.8 Å². The molecule has 3 aromatic rings. The van der Waals surface area contributed by atoms with E-state index in [1.807, 2.05) is 18.2 Å². The van der Waals surface area contributed by atoms with Gasteiger partial charge in [0, 0.05) is 50.9 Å². The average Bonchev–Trinajstić information content (AvgIpc) is 3.27. The molecule has 0 radical (unpaired) electrons. The van der Waals surface area contributed by atoms with Gasteiger partial charge in [-0.15, -0.1) is 10.2 Å². The molecule has 172 valence electrons. The quantitative estimate of drug-likeness (QED) is 0.557. The number of nitrogens with zero attached hydrogens (tertiary/aromatic N) is 4. The van der Waals surface area contributed by atoms with Crippen LogP contribution in [0.1, 0.15) is 17.5 Å². The zero-order valence-corrected chi connectivity index (χ0v) is 18.8. The minimum absolute atomic E-state index is 0.00814. The summed E-state index contributed by atoms with van der Waals surface area (Å²) in [6.07, 6.45) is 0. The Morgan fingerprint density at radius 2 is 1.67 bits per heavy atom. The fourth-order valence-corrected chi connectivity index (χ4v) is 3.83. The van der Waals surface area contributed by atoms with Crippen molar-refractivity contribution < 1.29 is 14.0 Å². The second-order valence-corrected chi connectivity index (χ2v) is 8.13. The van der Waals surface area contributed by atoms with E-state index in [1.165, 1.54) is 0 Å². The summed E-state index contributed by atoms with van der Waals surface area (Å²) in [5.41, 5.74) is 2.36. The van der Waals surface area contributed by atoms with Crippen molar-refractivity contribution in [1.29, 1.82) is 0 Å². The Labute approximate surface area is 192 Å². The second-order valence-electron chi connectivity index (χ2n) is 8.13. The first-order valence-corrected chi connectivity index (χ1v) is 11.0. The first-order chi connectivity index (χ1) is 16.0. The van der Waals surface area contributed by atoms with Crippen LogP contribution in [0.25, 0.3) is 11.5 Å². The molecule has 1 aromatic heterocycles. The van der Waals surface area contributed by atoms with Crippen LogP contribution in [0.5, 0.6) is 0 Å². The lowest BCUT2D eigenvalue weighted by atomic mass is 10.0. The topological polar surface area (TPSA) is 104 Å². The van der Waals surface area contributed by atoms with E-state index in [1.54, 1.807) is 31.2 Å². The predicted molar refractivity (Wildman–Crippen MR) is 124 cm³/mol. The molecule has 1 atom stereocenters. The number of aromatic nitrogens is 2. The molecular formula is C24H28N6O3. The maximum Gasteiger partial charge on any atom is 0.313 e. The summed E-state index contributed by atoms with van der Waals surface area (Å²) in [5.74, 6) is -0.494. The molecule has 0 spiro atoms. The second kappa shape index (κ2) is 10.4. The van der Waals surface area contributed by atoms with Crippen molar-refractivity contribution >= 4 is 17.5 Å². The van der Waals surface area contributed by atoms with Gasteiger partial charge in [-0.1, -0.05) is 30.3 Å². The van der Waals surface area contributed by atoms with Gasteiger partial charge in [-0.2, -0.15) is 0 Å². The number of benzene rings is 2. The van der Waals surface area contributed by atoms with Crippen LogP contribution >= 0.6 is 0 Å². The lowest BCUT2D eigenvalue weighted by molar-refractivity contribution is -0.136. The zero-order chi connectivity index (χ0) is 23.2. The van der Waals surface area contributed by atoms with Gasteiger partial charge in [-0.05, 0) is 36.9 Å². The van der Waals surface area contributed by atoms with E-state index in [0.717, 1.165) is 37.3 Å². The molecule has 2 aromatic carbocycles. The van der Waals surface area contributed by atoms with Gasteiger partial charge in [0.05, 0.1) is 6.04 Å². The van der Waals surface area contributed by atoms with Gasteiger partial charge in [-0.25, -0.2) is 0 Å². The van der Waals surface area contributed by atoms with Gasteiger partial charge in [0.1, 0.15) is 0 Å². The van der Waals surface area contributed by atoms with Crippen molar-refractivity contribution in [1.82, 2.24) is 25.3 Å². The average molecular weight is 449 g/mol. The minimum atomic E-state index is -0.707. The van der Waals surface area contributed by atoms with Crippen molar-refractivity contribution in [2.45, 2.75) is 13.0 Å². The van der Waals surface area contributed by atoms with E-state index in [-0.39, 0.29) is 6.04 Å². The van der Waals surface area contributed by atoms with Crippen LogP contribution in [0.3, 0.4) is 0 Å². The lowest BCUT2D eigenvalue weighted by Crippen LogP contribution is -2.49. The van der Waals surface area contributed by atoms with Crippen molar-refractivity contribution in [2.75, 3.05) is 45.1 Å². The summed E-state index contributed by atoms with van der Waals surface area (Å²) >= 11 is 0. The number of carbonyl (C=O) groups is 2. The number of carbonyl (C=O) groups excluding carboxylic acids is 2. The fraction of sp³-hybridized carbons (Fsp3) is 0.333. The SMILES string of the molecule is Cc1nnc(-c2ccc(NC(=O)C(=O)NC[C@@H](c3ccccc3)N3CCN(C)CC3)cc2)o1. The third kappa shape index (κ3) is 5.82. The number of anilines is 1. The van der Waals surface area contributed by atoms with Crippen LogP contribution in [0.4, 0.5) is 5.69 Å². The van der Waals surface area contributed by atoms with Gasteiger partial charge in [0.25, 0.3) is 0 Å². The van der Waals surface area contributed by atoms with Crippen LogP contribution in [-0.2, 0) is 9.59 Å². The predicted octanol–water partition coefficient (Wildman–Crippen LogP) is 2.09. The van der Waals surface area contributed by atoms with Gasteiger partial charge < -0.3 is 20.0 Å². The third-order valence-electron chi connectivity index (χ3n) is 5.74. The van der Waals surface area contributed by atoms with Gasteiger partial charge in [-0.3, -0.25) is 14.5 Å². The molecule has 0 aliphatic carbocycles. The third-order valence-corrected chi connectivity index (χ3v) is 5.74. The molecular weight excluding hydrogens is 420 g/mol. The molecule has 1 aliphatic heterocycles. The Balaban J connectivity index is 1.35. The Morgan fingerprint density at radius 3 is 2.30 bits per heavy atom. The maximum absolute atomic E-state index is 12.5. The summed E-state index contributed by atoms with van der Waals surface area (Å²) in [5, 5.41) is 13.2. The van der Waals surface area contributed by atoms with Gasteiger partial charge >= 0.3 is 11.8 Å². The number of hydrogen-bond acceptors (Lipinski definition) is 7. The van der Waals surface area contributed by atoms with Crippen molar-refractivity contribution in [3.63, 3.8) is 0 Å². The number of aryl methyl sites for hydroxylation is 1. The van der Waals surface area contributed by atoms with Crippen LogP contribution in [-0.4, -0.2) is 71.6 Å². The molecule has 1 fully saturated rings. The van der Waals surface area contributed by atoms with Gasteiger partial charge in [0.15, 0.2) is 0 Å². The number of amides is 2. The number of likely N-dealkylation sites (N-methyl/N-ethyl adjacent to an activating group) is 1. The molecule has 0 bridgehead atoms. The van der Waals surface area contributed by atoms with Crippen LogP contribution < -0.4 is 10.6 Å². The zero-order valence-electron chi connectivity index (χ0n) is 18.8. The normalized spacial score (nSPS) is 15.7. The smallest absolute Gasteiger partial charge is 0.313 e. The first kappa shape index (κ1) is 22.6. The Morgan fingerprint density at radius 1 is 0.970 bits per heavy atom. The summed E-state index contributed by atoms with van der Waals surface area (Å²) in [6.45, 7) is 5.83. The molecule has 1 aliphatic rings. The number of rotatable bonds is 6. The van der Waals surface area contributed by atoms with Crippen molar-refractivity contribution in [2.24, 2.45) is 0 Å². The summed E-state index contributed by atoms with van der Waals surface area (Å²) in [7, 11) is 2.11. The fourth-order valence-electron chi connectivity index (χ4n) is 3.83. The van der Waals surface area contributed by atoms with E-state index < -0.39 is 11.8 Å². The van der Waals surface area contributed by atoms with E-state index in [9.17, 15) is 9.59 Å². The highest BCUT2D eigenvalue weighted by molar-refractivity contribution is 6.39. The number of hydrogen-bond donors (Lipinski definition) is 2. The molecule has 2 heterocycles. The molecule has 1 saturated heterocycles. The Hall–Kier alpha value is -3.56. The van der Waals surface area contributed by atoms with Crippen molar-refractivity contribution in [3.05, 3.63) is 66.1 Å². The van der Waals surface area contributed by atoms with Crippen LogP contribution in [0.15, 0.2) is 59.0 Å². The maximum atomic E-state index is 12.5. The molecule has 9 nitrogen and oxygen atoms in total. The Bertz CT molecular complexity index is 1080. The largest absolute Gasteiger partial charge is 0.421 e.